The van der Waals surface area contributed by atoms with Crippen LogP contribution in [0.1, 0.15) is 25.3 Å². The average Bonchev–Trinajstić information content (AvgIpc) is 2.61. The fourth-order valence-corrected chi connectivity index (χ4v) is 3.05. The number of rotatable bonds is 10. The number of aliphatic hydroxyl groups excluding tert-OH is 1. The van der Waals surface area contributed by atoms with E-state index in [1.165, 1.54) is 5.56 Å². The summed E-state index contributed by atoms with van der Waals surface area (Å²) < 4.78 is 10.6. The first kappa shape index (κ1) is 19.2. The molecular formula is C19H32N2O3. The van der Waals surface area contributed by atoms with Crippen LogP contribution in [-0.4, -0.2) is 74.1 Å². The number of ether oxygens (including phenoxy) is 2. The monoisotopic (exact) mass is 336 g/mol. The maximum Gasteiger partial charge on any atom is 0.118 e. The summed E-state index contributed by atoms with van der Waals surface area (Å²) in [5, 5.41) is 10.2. The summed E-state index contributed by atoms with van der Waals surface area (Å²) in [7, 11) is 1.69. The molecule has 24 heavy (non-hydrogen) atoms. The van der Waals surface area contributed by atoms with Crippen LogP contribution in [0.4, 0.5) is 0 Å². The quantitative estimate of drug-likeness (QED) is 0.708. The molecule has 0 aliphatic carbocycles. The van der Waals surface area contributed by atoms with Crippen LogP contribution in [0.3, 0.4) is 0 Å². The zero-order chi connectivity index (χ0) is 17.2. The van der Waals surface area contributed by atoms with Crippen molar-refractivity contribution in [2.24, 2.45) is 0 Å². The molecule has 1 aromatic rings. The molecule has 5 nitrogen and oxygen atoms in total. The fraction of sp³-hybridized carbons (Fsp3) is 0.684. The van der Waals surface area contributed by atoms with Crippen molar-refractivity contribution in [3.8, 4) is 5.75 Å². The van der Waals surface area contributed by atoms with Crippen molar-refractivity contribution in [3.63, 3.8) is 0 Å². The molecule has 5 heteroatoms. The predicted octanol–water partition coefficient (Wildman–Crippen LogP) is 1.99. The first-order valence-electron chi connectivity index (χ1n) is 9.04. The minimum Gasteiger partial charge on any atom is -0.497 e. The van der Waals surface area contributed by atoms with Gasteiger partial charge in [-0.05, 0) is 24.1 Å². The number of hydrogen-bond donors (Lipinski definition) is 1. The average molecular weight is 336 g/mol. The third kappa shape index (κ3) is 6.77. The van der Waals surface area contributed by atoms with Crippen molar-refractivity contribution in [2.75, 3.05) is 53.0 Å². The highest BCUT2D eigenvalue weighted by molar-refractivity contribution is 5.27. The van der Waals surface area contributed by atoms with Crippen LogP contribution in [0.25, 0.3) is 0 Å². The molecule has 1 N–H and O–H groups in total. The summed E-state index contributed by atoms with van der Waals surface area (Å²) in [6.45, 7) is 9.37. The van der Waals surface area contributed by atoms with Gasteiger partial charge >= 0.3 is 0 Å². The lowest BCUT2D eigenvalue weighted by Crippen LogP contribution is -2.42. The van der Waals surface area contributed by atoms with Crippen molar-refractivity contribution in [1.82, 2.24) is 9.80 Å². The van der Waals surface area contributed by atoms with Gasteiger partial charge in [0.15, 0.2) is 0 Å². The first-order valence-corrected chi connectivity index (χ1v) is 9.04. The zero-order valence-corrected chi connectivity index (χ0v) is 15.1. The molecule has 1 saturated heterocycles. The Labute approximate surface area is 146 Å². The Balaban J connectivity index is 1.89. The van der Waals surface area contributed by atoms with Gasteiger partial charge in [0.25, 0.3) is 0 Å². The second kappa shape index (κ2) is 10.7. The number of benzene rings is 1. The van der Waals surface area contributed by atoms with Gasteiger partial charge in [-0.3, -0.25) is 9.80 Å². The van der Waals surface area contributed by atoms with E-state index in [0.717, 1.165) is 71.1 Å². The van der Waals surface area contributed by atoms with Gasteiger partial charge in [-0.2, -0.15) is 0 Å². The maximum absolute atomic E-state index is 10.2. The highest BCUT2D eigenvalue weighted by atomic mass is 16.5. The van der Waals surface area contributed by atoms with Crippen molar-refractivity contribution in [2.45, 2.75) is 32.4 Å². The third-order valence-corrected chi connectivity index (χ3v) is 4.49. The molecule has 0 saturated carbocycles. The summed E-state index contributed by atoms with van der Waals surface area (Å²) in [5.74, 6) is 0.879. The van der Waals surface area contributed by atoms with Crippen LogP contribution in [0.2, 0.25) is 0 Å². The highest BCUT2D eigenvalue weighted by Crippen LogP contribution is 2.14. The van der Waals surface area contributed by atoms with Crippen molar-refractivity contribution in [1.29, 1.82) is 0 Å². The van der Waals surface area contributed by atoms with Crippen molar-refractivity contribution < 1.29 is 14.6 Å². The van der Waals surface area contributed by atoms with Crippen molar-refractivity contribution in [3.05, 3.63) is 29.8 Å². The molecule has 1 fully saturated rings. The summed E-state index contributed by atoms with van der Waals surface area (Å²) in [4.78, 5) is 4.80. The van der Waals surface area contributed by atoms with Gasteiger partial charge in [-0.15, -0.1) is 0 Å². The minimum absolute atomic E-state index is 0.252. The smallest absolute Gasteiger partial charge is 0.118 e. The van der Waals surface area contributed by atoms with Gasteiger partial charge in [0.2, 0.25) is 0 Å². The summed E-state index contributed by atoms with van der Waals surface area (Å²) in [5.41, 5.74) is 1.25. The van der Waals surface area contributed by atoms with Crippen LogP contribution < -0.4 is 4.74 Å². The molecule has 1 atom stereocenters. The lowest BCUT2D eigenvalue weighted by Gasteiger charge is -2.31. The van der Waals surface area contributed by atoms with Crippen LogP contribution in [0.15, 0.2) is 24.3 Å². The fourth-order valence-electron chi connectivity index (χ4n) is 3.05. The molecular weight excluding hydrogens is 304 g/mol. The van der Waals surface area contributed by atoms with Crippen LogP contribution in [0.5, 0.6) is 5.75 Å². The number of aliphatic hydroxyl groups is 1. The Hall–Kier alpha value is -1.14. The van der Waals surface area contributed by atoms with E-state index in [2.05, 4.69) is 28.9 Å². The number of nitrogens with zero attached hydrogens (tertiary/aromatic N) is 2. The van der Waals surface area contributed by atoms with Gasteiger partial charge < -0.3 is 14.6 Å². The van der Waals surface area contributed by atoms with Gasteiger partial charge in [-0.25, -0.2) is 0 Å². The second-order valence-corrected chi connectivity index (χ2v) is 6.48. The summed E-state index contributed by atoms with van der Waals surface area (Å²) in [6, 6.07) is 8.20. The SMILES string of the molecule is CCC[C@H](O)CN(CCN1CCOCC1)Cc1ccc(OC)cc1. The van der Waals surface area contributed by atoms with Crippen molar-refractivity contribution >= 4 is 0 Å². The largest absolute Gasteiger partial charge is 0.497 e. The van der Waals surface area contributed by atoms with Gasteiger partial charge in [-0.1, -0.05) is 25.5 Å². The normalized spacial score (nSPS) is 17.2. The Kier molecular flexibility index (Phi) is 8.53. The molecule has 1 heterocycles. The Morgan fingerprint density at radius 2 is 1.96 bits per heavy atom. The zero-order valence-electron chi connectivity index (χ0n) is 15.1. The van der Waals surface area contributed by atoms with Crippen LogP contribution in [-0.2, 0) is 11.3 Å². The molecule has 1 aromatic carbocycles. The molecule has 0 amide bonds. The van der Waals surface area contributed by atoms with E-state index in [9.17, 15) is 5.11 Å². The summed E-state index contributed by atoms with van der Waals surface area (Å²) >= 11 is 0. The third-order valence-electron chi connectivity index (χ3n) is 4.49. The molecule has 0 aromatic heterocycles. The second-order valence-electron chi connectivity index (χ2n) is 6.48. The predicted molar refractivity (Wildman–Crippen MR) is 96.4 cm³/mol. The van der Waals surface area contributed by atoms with Gasteiger partial charge in [0.1, 0.15) is 5.75 Å². The van der Waals surface area contributed by atoms with Gasteiger partial charge in [0.05, 0.1) is 26.4 Å². The molecule has 136 valence electrons. The van der Waals surface area contributed by atoms with E-state index in [1.807, 2.05) is 12.1 Å². The maximum atomic E-state index is 10.2. The number of hydrogen-bond acceptors (Lipinski definition) is 5. The number of methoxy groups -OCH3 is 1. The number of morpholine rings is 1. The van der Waals surface area contributed by atoms with E-state index in [0.29, 0.717) is 0 Å². The van der Waals surface area contributed by atoms with E-state index >= 15 is 0 Å². The first-order chi connectivity index (χ1) is 11.7. The van der Waals surface area contributed by atoms with Gasteiger partial charge in [0, 0.05) is 39.3 Å². The van der Waals surface area contributed by atoms with E-state index in [1.54, 1.807) is 7.11 Å². The Bertz CT molecular complexity index is 446. The lowest BCUT2D eigenvalue weighted by atomic mass is 10.1. The lowest BCUT2D eigenvalue weighted by molar-refractivity contribution is 0.0287. The molecule has 1 aliphatic rings. The Morgan fingerprint density at radius 1 is 1.25 bits per heavy atom. The molecule has 1 aliphatic heterocycles. The minimum atomic E-state index is -0.252. The van der Waals surface area contributed by atoms with E-state index in [4.69, 9.17) is 9.47 Å². The molecule has 0 spiro atoms. The molecule has 0 unspecified atom stereocenters. The molecule has 0 radical (unpaired) electrons. The Morgan fingerprint density at radius 3 is 2.58 bits per heavy atom. The highest BCUT2D eigenvalue weighted by Gasteiger charge is 2.15. The van der Waals surface area contributed by atoms with E-state index < -0.39 is 0 Å². The van der Waals surface area contributed by atoms with Crippen LogP contribution in [0, 0.1) is 0 Å². The summed E-state index contributed by atoms with van der Waals surface area (Å²) in [6.07, 6.45) is 1.62. The molecule has 2 rings (SSSR count). The van der Waals surface area contributed by atoms with E-state index in [-0.39, 0.29) is 6.10 Å². The topological polar surface area (TPSA) is 45.2 Å². The molecule has 0 bridgehead atoms. The van der Waals surface area contributed by atoms with Crippen LogP contribution >= 0.6 is 0 Å². The standard InChI is InChI=1S/C19H32N2O3/c1-3-4-18(22)16-21(10-9-20-11-13-24-14-12-20)15-17-5-7-19(23-2)8-6-17/h5-8,18,22H,3-4,9-16H2,1-2H3/t18-/m0/s1.